The Kier molecular flexibility index (Phi) is 3.75. The van der Waals surface area contributed by atoms with Crippen molar-refractivity contribution in [1.82, 2.24) is 15.1 Å². The lowest BCUT2D eigenvalue weighted by Gasteiger charge is -2.16. The van der Waals surface area contributed by atoms with Crippen LogP contribution in [0.2, 0.25) is 0 Å². The number of carbonyl (C=O) groups is 1. The highest BCUT2D eigenvalue weighted by atomic mass is 79.9. The molecule has 0 aliphatic rings. The number of nitrogens with zero attached hydrogens (tertiary/aromatic N) is 2. The predicted molar refractivity (Wildman–Crippen MR) is 86.0 cm³/mol. The molecule has 0 fully saturated rings. The summed E-state index contributed by atoms with van der Waals surface area (Å²) in [6.07, 6.45) is 0. The fraction of sp³-hybridized carbons (Fsp3) is 0.125. The maximum Gasteiger partial charge on any atom is 0.275 e. The quantitative estimate of drug-likeness (QED) is 0.789. The van der Waals surface area contributed by atoms with Gasteiger partial charge in [-0.25, -0.2) is 0 Å². The van der Waals surface area contributed by atoms with Crippen LogP contribution in [0.25, 0.3) is 10.9 Å². The minimum atomic E-state index is -0.0876. The van der Waals surface area contributed by atoms with E-state index in [1.54, 1.807) is 11.9 Å². The molecule has 1 heterocycles. The number of aromatic amines is 1. The number of benzene rings is 2. The van der Waals surface area contributed by atoms with Crippen molar-refractivity contribution in [2.24, 2.45) is 0 Å². The molecule has 0 aliphatic carbocycles. The van der Waals surface area contributed by atoms with Crippen molar-refractivity contribution in [1.29, 1.82) is 0 Å². The molecule has 1 N–H and O–H groups in total. The summed E-state index contributed by atoms with van der Waals surface area (Å²) < 4.78 is 1.03. The second-order valence-corrected chi connectivity index (χ2v) is 5.82. The van der Waals surface area contributed by atoms with E-state index in [-0.39, 0.29) is 5.91 Å². The third kappa shape index (κ3) is 2.83. The van der Waals surface area contributed by atoms with Gasteiger partial charge in [-0.1, -0.05) is 46.3 Å². The second-order valence-electron chi connectivity index (χ2n) is 4.91. The van der Waals surface area contributed by atoms with Crippen molar-refractivity contribution in [2.75, 3.05) is 7.05 Å². The van der Waals surface area contributed by atoms with Gasteiger partial charge in [0.15, 0.2) is 5.69 Å². The number of carbonyl (C=O) groups excluding carboxylic acids is 1. The van der Waals surface area contributed by atoms with Gasteiger partial charge in [0, 0.05) is 23.5 Å². The van der Waals surface area contributed by atoms with E-state index in [9.17, 15) is 4.79 Å². The van der Waals surface area contributed by atoms with Crippen LogP contribution < -0.4 is 0 Å². The molecule has 106 valence electrons. The molecular formula is C16H14BrN3O. The number of aromatic nitrogens is 2. The fourth-order valence-corrected chi connectivity index (χ4v) is 2.51. The van der Waals surface area contributed by atoms with E-state index in [1.165, 1.54) is 0 Å². The summed E-state index contributed by atoms with van der Waals surface area (Å²) in [4.78, 5) is 14.2. The summed E-state index contributed by atoms with van der Waals surface area (Å²) >= 11 is 3.40. The lowest BCUT2D eigenvalue weighted by Crippen LogP contribution is -2.26. The molecule has 0 unspecified atom stereocenters. The minimum Gasteiger partial charge on any atom is -0.336 e. The zero-order chi connectivity index (χ0) is 14.8. The maximum absolute atomic E-state index is 12.5. The van der Waals surface area contributed by atoms with Crippen LogP contribution in [0.3, 0.4) is 0 Å². The third-order valence-electron chi connectivity index (χ3n) is 3.35. The van der Waals surface area contributed by atoms with Crippen LogP contribution in [-0.4, -0.2) is 28.1 Å². The molecule has 0 radical (unpaired) electrons. The van der Waals surface area contributed by atoms with Crippen LogP contribution in [0, 0.1) is 0 Å². The average Bonchev–Trinajstić information content (AvgIpc) is 2.92. The Labute approximate surface area is 130 Å². The number of rotatable bonds is 3. The van der Waals surface area contributed by atoms with Crippen LogP contribution in [0.5, 0.6) is 0 Å². The highest BCUT2D eigenvalue weighted by Gasteiger charge is 2.18. The van der Waals surface area contributed by atoms with Crippen molar-refractivity contribution in [2.45, 2.75) is 6.54 Å². The molecule has 2 aromatic carbocycles. The molecule has 1 amide bonds. The number of nitrogens with one attached hydrogen (secondary N) is 1. The van der Waals surface area contributed by atoms with E-state index >= 15 is 0 Å². The van der Waals surface area contributed by atoms with Crippen molar-refractivity contribution in [3.8, 4) is 0 Å². The molecule has 3 aromatic rings. The van der Waals surface area contributed by atoms with Gasteiger partial charge in [-0.05, 0) is 23.8 Å². The van der Waals surface area contributed by atoms with E-state index in [0.717, 1.165) is 20.9 Å². The number of hydrogen-bond acceptors (Lipinski definition) is 2. The normalized spacial score (nSPS) is 10.8. The van der Waals surface area contributed by atoms with E-state index in [1.807, 2.05) is 48.5 Å². The SMILES string of the molecule is CN(Cc1ccc(Br)cc1)C(=O)c1n[nH]c2ccccc12. The highest BCUT2D eigenvalue weighted by molar-refractivity contribution is 9.10. The van der Waals surface area contributed by atoms with Gasteiger partial charge < -0.3 is 4.90 Å². The van der Waals surface area contributed by atoms with E-state index in [2.05, 4.69) is 26.1 Å². The van der Waals surface area contributed by atoms with E-state index in [0.29, 0.717) is 12.2 Å². The van der Waals surface area contributed by atoms with Crippen molar-refractivity contribution in [3.63, 3.8) is 0 Å². The Bertz CT molecular complexity index is 780. The summed E-state index contributed by atoms with van der Waals surface area (Å²) in [5.74, 6) is -0.0876. The van der Waals surface area contributed by atoms with Gasteiger partial charge in [-0.3, -0.25) is 9.89 Å². The Morgan fingerprint density at radius 3 is 2.67 bits per heavy atom. The smallest absolute Gasteiger partial charge is 0.275 e. The first-order valence-corrected chi connectivity index (χ1v) is 7.37. The molecule has 0 saturated heterocycles. The Morgan fingerprint density at radius 2 is 1.90 bits per heavy atom. The summed E-state index contributed by atoms with van der Waals surface area (Å²) in [7, 11) is 1.79. The monoisotopic (exact) mass is 343 g/mol. The number of fused-ring (bicyclic) bond motifs is 1. The van der Waals surface area contributed by atoms with Gasteiger partial charge in [-0.2, -0.15) is 5.10 Å². The fourth-order valence-electron chi connectivity index (χ4n) is 2.24. The molecule has 21 heavy (non-hydrogen) atoms. The molecule has 4 nitrogen and oxygen atoms in total. The van der Waals surface area contributed by atoms with Gasteiger partial charge in [-0.15, -0.1) is 0 Å². The molecule has 3 rings (SSSR count). The molecule has 1 aromatic heterocycles. The van der Waals surface area contributed by atoms with Gasteiger partial charge in [0.25, 0.3) is 5.91 Å². The Hall–Kier alpha value is -2.14. The number of para-hydroxylation sites is 1. The first kappa shape index (κ1) is 13.8. The van der Waals surface area contributed by atoms with Crippen LogP contribution >= 0.6 is 15.9 Å². The van der Waals surface area contributed by atoms with Gasteiger partial charge >= 0.3 is 0 Å². The van der Waals surface area contributed by atoms with Crippen molar-refractivity contribution < 1.29 is 4.79 Å². The molecular weight excluding hydrogens is 330 g/mol. The van der Waals surface area contributed by atoms with Gasteiger partial charge in [0.2, 0.25) is 0 Å². The van der Waals surface area contributed by atoms with E-state index in [4.69, 9.17) is 0 Å². The van der Waals surface area contributed by atoms with Crippen molar-refractivity contribution in [3.05, 3.63) is 64.3 Å². The minimum absolute atomic E-state index is 0.0876. The second kappa shape index (κ2) is 5.69. The molecule has 0 saturated carbocycles. The summed E-state index contributed by atoms with van der Waals surface area (Å²) in [5, 5.41) is 7.89. The van der Waals surface area contributed by atoms with Crippen LogP contribution in [0.4, 0.5) is 0 Å². The highest BCUT2D eigenvalue weighted by Crippen LogP contribution is 2.18. The average molecular weight is 344 g/mol. The standard InChI is InChI=1S/C16H14BrN3O/c1-20(10-11-6-8-12(17)9-7-11)16(21)15-13-4-2-3-5-14(13)18-19-15/h2-9H,10H2,1H3,(H,18,19). The molecule has 0 spiro atoms. The zero-order valence-corrected chi connectivity index (χ0v) is 13.1. The molecule has 0 aliphatic heterocycles. The van der Waals surface area contributed by atoms with Crippen LogP contribution in [0.1, 0.15) is 16.1 Å². The number of hydrogen-bond donors (Lipinski definition) is 1. The first-order chi connectivity index (χ1) is 10.1. The lowest BCUT2D eigenvalue weighted by molar-refractivity contribution is 0.0781. The van der Waals surface area contributed by atoms with Gasteiger partial charge in [0.05, 0.1) is 5.52 Å². The summed E-state index contributed by atoms with van der Waals surface area (Å²) in [6.45, 7) is 0.549. The zero-order valence-electron chi connectivity index (χ0n) is 11.5. The number of H-pyrrole nitrogens is 1. The first-order valence-electron chi connectivity index (χ1n) is 6.58. The van der Waals surface area contributed by atoms with Gasteiger partial charge in [0.1, 0.15) is 0 Å². The maximum atomic E-state index is 12.5. The number of halogens is 1. The Morgan fingerprint density at radius 1 is 1.19 bits per heavy atom. The number of amides is 1. The van der Waals surface area contributed by atoms with Crippen molar-refractivity contribution >= 4 is 32.7 Å². The van der Waals surface area contributed by atoms with Crippen LogP contribution in [-0.2, 0) is 6.54 Å². The molecule has 0 bridgehead atoms. The topological polar surface area (TPSA) is 49.0 Å². The molecule has 5 heteroatoms. The van der Waals surface area contributed by atoms with Crippen LogP contribution in [0.15, 0.2) is 53.0 Å². The lowest BCUT2D eigenvalue weighted by atomic mass is 10.2. The largest absolute Gasteiger partial charge is 0.336 e. The Balaban J connectivity index is 1.82. The summed E-state index contributed by atoms with van der Waals surface area (Å²) in [6, 6.07) is 15.6. The third-order valence-corrected chi connectivity index (χ3v) is 3.88. The van der Waals surface area contributed by atoms with E-state index < -0.39 is 0 Å². The molecule has 0 atom stereocenters. The predicted octanol–water partition coefficient (Wildman–Crippen LogP) is 3.60. The summed E-state index contributed by atoms with van der Waals surface area (Å²) in [5.41, 5.74) is 2.41.